The van der Waals surface area contributed by atoms with Crippen molar-refractivity contribution in [2.75, 3.05) is 11.9 Å². The predicted molar refractivity (Wildman–Crippen MR) is 106 cm³/mol. The van der Waals surface area contributed by atoms with E-state index in [1.807, 2.05) is 38.2 Å². The number of hydrogen-bond acceptors (Lipinski definition) is 5. The first-order valence-electron chi connectivity index (χ1n) is 8.94. The number of guanidine groups is 1. The summed E-state index contributed by atoms with van der Waals surface area (Å²) in [5.74, 6) is 1.47. The molecular weight excluding hydrogens is 358 g/mol. The molecule has 1 amide bonds. The number of nitrogens with zero attached hydrogens (tertiary/aromatic N) is 4. The minimum atomic E-state index is -0.288. The molecule has 0 saturated carbocycles. The molecule has 3 N–H and O–H groups in total. The van der Waals surface area contributed by atoms with Gasteiger partial charge in [-0.1, -0.05) is 12.1 Å². The Bertz CT molecular complexity index is 931. The van der Waals surface area contributed by atoms with E-state index in [0.717, 1.165) is 17.9 Å². The lowest BCUT2D eigenvalue weighted by Gasteiger charge is -2.11. The van der Waals surface area contributed by atoms with Crippen LogP contribution in [0.25, 0.3) is 0 Å². The topological polar surface area (TPSA) is 109 Å². The van der Waals surface area contributed by atoms with Gasteiger partial charge in [0.2, 0.25) is 0 Å². The number of rotatable bonds is 7. The van der Waals surface area contributed by atoms with Crippen molar-refractivity contribution in [3.8, 4) is 0 Å². The summed E-state index contributed by atoms with van der Waals surface area (Å²) < 4.78 is 6.82. The number of aromatic nitrogens is 3. The molecule has 9 heteroatoms. The summed E-state index contributed by atoms with van der Waals surface area (Å²) >= 11 is 0. The molecule has 2 heterocycles. The second-order valence-corrected chi connectivity index (χ2v) is 5.98. The van der Waals surface area contributed by atoms with Gasteiger partial charge in [-0.3, -0.25) is 9.48 Å². The van der Waals surface area contributed by atoms with Gasteiger partial charge in [0.15, 0.2) is 11.7 Å². The molecule has 0 bridgehead atoms. The van der Waals surface area contributed by atoms with Crippen molar-refractivity contribution >= 4 is 17.6 Å². The number of benzene rings is 1. The second-order valence-electron chi connectivity index (χ2n) is 5.98. The number of carbonyl (C=O) groups excluding carboxylic acids is 1. The zero-order chi connectivity index (χ0) is 19.8. The fraction of sp³-hybridized carbons (Fsp3) is 0.263. The number of carbonyl (C=O) groups is 1. The van der Waals surface area contributed by atoms with E-state index in [1.54, 1.807) is 16.8 Å². The molecule has 3 aromatic rings. The third-order valence-corrected chi connectivity index (χ3v) is 3.91. The van der Waals surface area contributed by atoms with Crippen LogP contribution < -0.4 is 16.0 Å². The Morgan fingerprint density at radius 1 is 1.25 bits per heavy atom. The van der Waals surface area contributed by atoms with Gasteiger partial charge in [0.25, 0.3) is 5.91 Å². The van der Waals surface area contributed by atoms with E-state index >= 15 is 0 Å². The van der Waals surface area contributed by atoms with Crippen LogP contribution >= 0.6 is 0 Å². The van der Waals surface area contributed by atoms with E-state index < -0.39 is 0 Å². The summed E-state index contributed by atoms with van der Waals surface area (Å²) in [5, 5.41) is 13.3. The number of aryl methyl sites for hydroxylation is 1. The lowest BCUT2D eigenvalue weighted by Crippen LogP contribution is -2.37. The third kappa shape index (κ3) is 5.19. The number of hydrogen-bond donors (Lipinski definition) is 3. The fourth-order valence-corrected chi connectivity index (χ4v) is 2.50. The van der Waals surface area contributed by atoms with Crippen LogP contribution in [0, 0.1) is 0 Å². The Balaban J connectivity index is 1.62. The van der Waals surface area contributed by atoms with Crippen LogP contribution in [0.5, 0.6) is 0 Å². The smallest absolute Gasteiger partial charge is 0.291 e. The van der Waals surface area contributed by atoms with Gasteiger partial charge in [-0.15, -0.1) is 0 Å². The van der Waals surface area contributed by atoms with E-state index in [9.17, 15) is 4.79 Å². The molecular formula is C19H23N7O2. The number of nitrogens with one attached hydrogen (secondary N) is 3. The molecule has 0 radical (unpaired) electrons. The van der Waals surface area contributed by atoms with Gasteiger partial charge in [-0.25, -0.2) is 9.98 Å². The van der Waals surface area contributed by atoms with E-state index in [-0.39, 0.29) is 11.7 Å². The third-order valence-electron chi connectivity index (χ3n) is 3.91. The summed E-state index contributed by atoms with van der Waals surface area (Å²) in [5.41, 5.74) is 1.65. The lowest BCUT2D eigenvalue weighted by molar-refractivity contribution is 0.0996. The highest BCUT2D eigenvalue weighted by Crippen LogP contribution is 2.13. The number of anilines is 1. The molecule has 9 nitrogen and oxygen atoms in total. The molecule has 3 rings (SSSR count). The van der Waals surface area contributed by atoms with E-state index in [0.29, 0.717) is 24.7 Å². The average Bonchev–Trinajstić information content (AvgIpc) is 3.36. The van der Waals surface area contributed by atoms with Crippen LogP contribution in [-0.4, -0.2) is 33.2 Å². The zero-order valence-electron chi connectivity index (χ0n) is 15.8. The first-order valence-corrected chi connectivity index (χ1v) is 8.94. The van der Waals surface area contributed by atoms with Crippen LogP contribution in [0.2, 0.25) is 0 Å². The lowest BCUT2D eigenvalue weighted by atomic mass is 10.2. The van der Waals surface area contributed by atoms with Crippen molar-refractivity contribution in [2.45, 2.75) is 20.0 Å². The van der Waals surface area contributed by atoms with Gasteiger partial charge in [0, 0.05) is 19.3 Å². The average molecular weight is 381 g/mol. The molecule has 0 aliphatic rings. The van der Waals surface area contributed by atoms with E-state index in [1.165, 1.54) is 12.6 Å². The highest BCUT2D eigenvalue weighted by Gasteiger charge is 2.09. The summed E-state index contributed by atoms with van der Waals surface area (Å²) in [7, 11) is 1.84. The second kappa shape index (κ2) is 9.36. The maximum atomic E-state index is 12.1. The van der Waals surface area contributed by atoms with Crippen LogP contribution in [0.15, 0.2) is 58.4 Å². The van der Waals surface area contributed by atoms with E-state index in [2.05, 4.69) is 31.0 Å². The van der Waals surface area contributed by atoms with Gasteiger partial charge in [-0.05, 0) is 36.8 Å². The predicted octanol–water partition coefficient (Wildman–Crippen LogP) is 1.92. The molecule has 146 valence electrons. The molecule has 0 unspecified atom stereocenters. The Labute approximate surface area is 162 Å². The highest BCUT2D eigenvalue weighted by molar-refractivity contribution is 6.02. The monoisotopic (exact) mass is 381 g/mol. The maximum absolute atomic E-state index is 12.1. The molecule has 2 aromatic heterocycles. The summed E-state index contributed by atoms with van der Waals surface area (Å²) in [6.45, 7) is 3.72. The highest BCUT2D eigenvalue weighted by atomic mass is 16.3. The van der Waals surface area contributed by atoms with Gasteiger partial charge >= 0.3 is 0 Å². The Hall–Kier alpha value is -3.62. The summed E-state index contributed by atoms with van der Waals surface area (Å²) in [4.78, 5) is 20.9. The molecule has 0 aliphatic heterocycles. The van der Waals surface area contributed by atoms with Crippen LogP contribution in [0.1, 0.15) is 28.9 Å². The molecule has 0 fully saturated rings. The maximum Gasteiger partial charge on any atom is 0.291 e. The minimum absolute atomic E-state index is 0.269. The molecule has 0 saturated heterocycles. The summed E-state index contributed by atoms with van der Waals surface area (Å²) in [6, 6.07) is 10.8. The zero-order valence-corrected chi connectivity index (χ0v) is 15.8. The minimum Gasteiger partial charge on any atom is -0.459 e. The van der Waals surface area contributed by atoms with Crippen molar-refractivity contribution in [1.82, 2.24) is 25.4 Å². The quantitative estimate of drug-likeness (QED) is 0.426. The van der Waals surface area contributed by atoms with Crippen molar-refractivity contribution in [3.05, 3.63) is 66.1 Å². The first-order chi connectivity index (χ1) is 13.7. The van der Waals surface area contributed by atoms with Gasteiger partial charge in [-0.2, -0.15) is 5.10 Å². The van der Waals surface area contributed by atoms with Crippen molar-refractivity contribution < 1.29 is 9.21 Å². The van der Waals surface area contributed by atoms with Crippen molar-refractivity contribution in [1.29, 1.82) is 0 Å². The van der Waals surface area contributed by atoms with Gasteiger partial charge < -0.3 is 20.4 Å². The Morgan fingerprint density at radius 3 is 2.86 bits per heavy atom. The molecule has 0 spiro atoms. The summed E-state index contributed by atoms with van der Waals surface area (Å²) in [6.07, 6.45) is 2.99. The number of aliphatic imine (C=N–C) groups is 1. The van der Waals surface area contributed by atoms with Crippen molar-refractivity contribution in [2.24, 2.45) is 12.0 Å². The number of furan rings is 1. The standard InChI is InChI=1S/C19H23N7O2/c1-3-20-19(22-12-17-23-13-24-26(17)2)21-11-14-6-4-7-15(10-14)25-18(27)16-8-5-9-28-16/h4-10,13H,3,11-12H2,1-2H3,(H,25,27)(H2,20,21,22). The molecule has 0 aliphatic carbocycles. The molecule has 0 atom stereocenters. The fourth-order valence-electron chi connectivity index (χ4n) is 2.50. The number of amides is 1. The van der Waals surface area contributed by atoms with Crippen LogP contribution in [0.4, 0.5) is 5.69 Å². The SMILES string of the molecule is CCNC(=NCc1cccc(NC(=O)c2ccco2)c1)NCc1ncnn1C. The Morgan fingerprint density at radius 2 is 2.14 bits per heavy atom. The van der Waals surface area contributed by atoms with E-state index in [4.69, 9.17) is 4.42 Å². The van der Waals surface area contributed by atoms with Gasteiger partial charge in [0.1, 0.15) is 12.2 Å². The van der Waals surface area contributed by atoms with Crippen LogP contribution in [-0.2, 0) is 20.1 Å². The molecule has 28 heavy (non-hydrogen) atoms. The van der Waals surface area contributed by atoms with Crippen LogP contribution in [0.3, 0.4) is 0 Å². The Kier molecular flexibility index (Phi) is 6.40. The largest absolute Gasteiger partial charge is 0.459 e. The first kappa shape index (κ1) is 19.2. The normalized spacial score (nSPS) is 11.3. The van der Waals surface area contributed by atoms with Crippen molar-refractivity contribution in [3.63, 3.8) is 0 Å². The van der Waals surface area contributed by atoms with Gasteiger partial charge in [0.05, 0.1) is 19.4 Å². The molecule has 1 aromatic carbocycles.